The first-order valence-electron chi connectivity index (χ1n) is 11.3. The summed E-state index contributed by atoms with van der Waals surface area (Å²) in [6.07, 6.45) is 0. The van der Waals surface area contributed by atoms with Gasteiger partial charge in [-0.1, -0.05) is 36.4 Å². The monoisotopic (exact) mass is 459 g/mol. The molecule has 2 amide bonds. The molecule has 0 spiro atoms. The number of hydrogen-bond donors (Lipinski definition) is 1. The molecule has 34 heavy (non-hydrogen) atoms. The Labute approximate surface area is 199 Å². The number of rotatable bonds is 8. The van der Waals surface area contributed by atoms with E-state index in [1.54, 1.807) is 36.3 Å². The van der Waals surface area contributed by atoms with Gasteiger partial charge in [0.25, 0.3) is 5.91 Å². The van der Waals surface area contributed by atoms with E-state index >= 15 is 0 Å². The zero-order valence-electron chi connectivity index (χ0n) is 19.3. The van der Waals surface area contributed by atoms with E-state index in [2.05, 4.69) is 10.2 Å². The van der Waals surface area contributed by atoms with Crippen molar-refractivity contribution in [2.24, 2.45) is 0 Å². The predicted octanol–water partition coefficient (Wildman–Crippen LogP) is 3.35. The molecule has 1 heterocycles. The summed E-state index contributed by atoms with van der Waals surface area (Å²) < 4.78 is 11.0. The average molecular weight is 460 g/mol. The molecule has 0 unspecified atom stereocenters. The van der Waals surface area contributed by atoms with Crippen LogP contribution >= 0.6 is 0 Å². The lowest BCUT2D eigenvalue weighted by Gasteiger charge is -2.36. The summed E-state index contributed by atoms with van der Waals surface area (Å²) in [6, 6.07) is 25.0. The Balaban J connectivity index is 1.21. The minimum atomic E-state index is -0.291. The van der Waals surface area contributed by atoms with Crippen molar-refractivity contribution in [2.75, 3.05) is 44.7 Å². The SMILES string of the molecule is COc1cccc(C(=O)NCC(=O)N2CCN(c3ccc(OCc4ccccc4)cc3)CC2)c1. The van der Waals surface area contributed by atoms with Crippen LogP contribution < -0.4 is 19.7 Å². The molecule has 0 aromatic heterocycles. The second kappa shape index (κ2) is 11.2. The quantitative estimate of drug-likeness (QED) is 0.559. The third-order valence-corrected chi connectivity index (χ3v) is 5.81. The van der Waals surface area contributed by atoms with Crippen molar-refractivity contribution in [3.63, 3.8) is 0 Å². The molecule has 3 aromatic carbocycles. The van der Waals surface area contributed by atoms with E-state index in [-0.39, 0.29) is 18.4 Å². The van der Waals surface area contributed by atoms with Crippen molar-refractivity contribution in [1.29, 1.82) is 0 Å². The molecule has 0 bridgehead atoms. The molecule has 1 fully saturated rings. The Morgan fingerprint density at radius 1 is 0.853 bits per heavy atom. The predicted molar refractivity (Wildman–Crippen MR) is 131 cm³/mol. The number of methoxy groups -OCH3 is 1. The molecule has 0 atom stereocenters. The van der Waals surface area contributed by atoms with Crippen molar-refractivity contribution in [1.82, 2.24) is 10.2 Å². The van der Waals surface area contributed by atoms with Crippen molar-refractivity contribution in [3.05, 3.63) is 90.0 Å². The highest BCUT2D eigenvalue weighted by atomic mass is 16.5. The first-order chi connectivity index (χ1) is 16.6. The van der Waals surface area contributed by atoms with Crippen LogP contribution in [0.3, 0.4) is 0 Å². The highest BCUT2D eigenvalue weighted by Gasteiger charge is 2.22. The number of nitrogens with zero attached hydrogens (tertiary/aromatic N) is 2. The van der Waals surface area contributed by atoms with Crippen molar-refractivity contribution in [2.45, 2.75) is 6.61 Å². The minimum absolute atomic E-state index is 0.0243. The molecular weight excluding hydrogens is 430 g/mol. The fourth-order valence-corrected chi connectivity index (χ4v) is 3.84. The Morgan fingerprint density at radius 3 is 2.29 bits per heavy atom. The summed E-state index contributed by atoms with van der Waals surface area (Å²) in [5.74, 6) is 1.06. The van der Waals surface area contributed by atoms with Gasteiger partial charge in [-0.3, -0.25) is 9.59 Å². The molecule has 0 aliphatic carbocycles. The van der Waals surface area contributed by atoms with Crippen LogP contribution in [0, 0.1) is 0 Å². The van der Waals surface area contributed by atoms with Crippen LogP contribution in [0.2, 0.25) is 0 Å². The third-order valence-electron chi connectivity index (χ3n) is 5.81. The Morgan fingerprint density at radius 2 is 1.59 bits per heavy atom. The molecule has 1 saturated heterocycles. The van der Waals surface area contributed by atoms with Gasteiger partial charge >= 0.3 is 0 Å². The van der Waals surface area contributed by atoms with Crippen LogP contribution in [0.25, 0.3) is 0 Å². The summed E-state index contributed by atoms with van der Waals surface area (Å²) in [7, 11) is 1.55. The van der Waals surface area contributed by atoms with Gasteiger partial charge in [-0.05, 0) is 48.0 Å². The zero-order chi connectivity index (χ0) is 23.8. The standard InChI is InChI=1S/C27H29N3O4/c1-33-25-9-5-8-22(18-25)27(32)28-19-26(31)30-16-14-29(15-17-30)23-10-12-24(13-11-23)34-20-21-6-3-2-4-7-21/h2-13,18H,14-17,19-20H2,1H3,(H,28,32). The summed E-state index contributed by atoms with van der Waals surface area (Å²) in [4.78, 5) is 29.0. The number of carbonyl (C=O) groups excluding carboxylic acids is 2. The number of piperazine rings is 1. The van der Waals surface area contributed by atoms with Crippen LogP contribution in [0.1, 0.15) is 15.9 Å². The zero-order valence-corrected chi connectivity index (χ0v) is 19.3. The number of ether oxygens (including phenoxy) is 2. The smallest absolute Gasteiger partial charge is 0.251 e. The highest BCUT2D eigenvalue weighted by molar-refractivity contribution is 5.96. The molecule has 1 aliphatic rings. The third kappa shape index (κ3) is 6.07. The maximum absolute atomic E-state index is 12.6. The minimum Gasteiger partial charge on any atom is -0.497 e. The molecule has 7 nitrogen and oxygen atoms in total. The van der Waals surface area contributed by atoms with Gasteiger partial charge in [0.15, 0.2) is 0 Å². The van der Waals surface area contributed by atoms with E-state index in [0.29, 0.717) is 31.0 Å². The number of hydrogen-bond acceptors (Lipinski definition) is 5. The molecule has 1 aliphatic heterocycles. The molecule has 3 aromatic rings. The molecule has 7 heteroatoms. The Bertz CT molecular complexity index is 1090. The first kappa shape index (κ1) is 23.2. The fraction of sp³-hybridized carbons (Fsp3) is 0.259. The van der Waals surface area contributed by atoms with Crippen LogP contribution in [0.15, 0.2) is 78.9 Å². The number of nitrogens with one attached hydrogen (secondary N) is 1. The largest absolute Gasteiger partial charge is 0.497 e. The Kier molecular flexibility index (Phi) is 7.65. The number of anilines is 1. The summed E-state index contributed by atoms with van der Waals surface area (Å²) in [5.41, 5.74) is 2.70. The van der Waals surface area contributed by atoms with Gasteiger partial charge in [-0.25, -0.2) is 0 Å². The maximum Gasteiger partial charge on any atom is 0.251 e. The number of carbonyl (C=O) groups is 2. The van der Waals surface area contributed by atoms with Gasteiger partial charge < -0.3 is 24.6 Å². The first-order valence-corrected chi connectivity index (χ1v) is 11.3. The summed E-state index contributed by atoms with van der Waals surface area (Å²) in [6.45, 7) is 3.21. The van der Waals surface area contributed by atoms with Crippen molar-refractivity contribution >= 4 is 17.5 Å². The lowest BCUT2D eigenvalue weighted by Crippen LogP contribution is -2.51. The van der Waals surface area contributed by atoms with E-state index in [4.69, 9.17) is 9.47 Å². The molecule has 0 radical (unpaired) electrons. The van der Waals surface area contributed by atoms with E-state index in [9.17, 15) is 9.59 Å². The van der Waals surface area contributed by atoms with E-state index in [0.717, 1.165) is 30.1 Å². The van der Waals surface area contributed by atoms with Crippen LogP contribution in [0.5, 0.6) is 11.5 Å². The van der Waals surface area contributed by atoms with E-state index in [1.807, 2.05) is 54.6 Å². The van der Waals surface area contributed by atoms with Crippen molar-refractivity contribution in [3.8, 4) is 11.5 Å². The molecular formula is C27H29N3O4. The van der Waals surface area contributed by atoms with Gasteiger partial charge in [0.2, 0.25) is 5.91 Å². The second-order valence-corrected chi connectivity index (χ2v) is 8.05. The molecule has 0 saturated carbocycles. The van der Waals surface area contributed by atoms with Crippen LogP contribution in [-0.2, 0) is 11.4 Å². The average Bonchev–Trinajstić information content (AvgIpc) is 2.91. The van der Waals surface area contributed by atoms with Gasteiger partial charge in [-0.2, -0.15) is 0 Å². The Hall–Kier alpha value is -4.00. The normalized spacial score (nSPS) is 13.3. The molecule has 1 N–H and O–H groups in total. The van der Waals surface area contributed by atoms with Crippen LogP contribution in [0.4, 0.5) is 5.69 Å². The lowest BCUT2D eigenvalue weighted by molar-refractivity contribution is -0.130. The van der Waals surface area contributed by atoms with Gasteiger partial charge in [0, 0.05) is 37.4 Å². The van der Waals surface area contributed by atoms with Crippen molar-refractivity contribution < 1.29 is 19.1 Å². The van der Waals surface area contributed by atoms with Gasteiger partial charge in [-0.15, -0.1) is 0 Å². The molecule has 4 rings (SSSR count). The maximum atomic E-state index is 12.6. The summed E-state index contributed by atoms with van der Waals surface area (Å²) >= 11 is 0. The number of amides is 2. The van der Waals surface area contributed by atoms with E-state index in [1.165, 1.54) is 0 Å². The molecule has 176 valence electrons. The second-order valence-electron chi connectivity index (χ2n) is 8.05. The number of benzene rings is 3. The van der Waals surface area contributed by atoms with Gasteiger partial charge in [0.1, 0.15) is 18.1 Å². The highest BCUT2D eigenvalue weighted by Crippen LogP contribution is 2.21. The summed E-state index contributed by atoms with van der Waals surface area (Å²) in [5, 5.41) is 2.71. The topological polar surface area (TPSA) is 71.1 Å². The van der Waals surface area contributed by atoms with Crippen LogP contribution in [-0.4, -0.2) is 56.5 Å². The van der Waals surface area contributed by atoms with E-state index < -0.39 is 0 Å². The van der Waals surface area contributed by atoms with Gasteiger partial charge in [0.05, 0.1) is 13.7 Å². The lowest BCUT2D eigenvalue weighted by atomic mass is 10.2. The fourth-order valence-electron chi connectivity index (χ4n) is 3.84.